The number of rotatable bonds is 0. The number of hydrogen-bond acceptors (Lipinski definition) is 0. The van der Waals surface area contributed by atoms with E-state index in [-0.39, 0.29) is 0 Å². The van der Waals surface area contributed by atoms with Crippen molar-refractivity contribution in [2.75, 3.05) is 0 Å². The van der Waals surface area contributed by atoms with Gasteiger partial charge in [-0.05, 0) is 0 Å². The maximum atomic E-state index is 13.8. The van der Waals surface area contributed by atoms with E-state index < -0.39 is 23.3 Å². The highest BCUT2D eigenvalue weighted by molar-refractivity contribution is 6.75. The minimum Gasteiger partial charge on any atom is -0.218 e. The first kappa shape index (κ1) is 15.2. The fourth-order valence-electron chi connectivity index (χ4n) is 0.986. The van der Waals surface area contributed by atoms with Crippen molar-refractivity contribution in [1.29, 1.82) is 0 Å². The Morgan fingerprint density at radius 1 is 0.467 bits per heavy atom. The van der Waals surface area contributed by atoms with Gasteiger partial charge in [-0.15, -0.1) is 0 Å². The van der Waals surface area contributed by atoms with E-state index >= 15 is 0 Å². The second kappa shape index (κ2) is 3.60. The molecule has 2 atom stereocenters. The Kier molecular flexibility index (Phi) is 3.66. The summed E-state index contributed by atoms with van der Waals surface area (Å²) in [5.41, 5.74) is 0. The summed E-state index contributed by atoms with van der Waals surface area (Å²) in [6.07, 6.45) is 0. The summed E-state index contributed by atoms with van der Waals surface area (Å²) >= 11 is 43.0. The van der Waals surface area contributed by atoms with E-state index in [2.05, 4.69) is 0 Å². The van der Waals surface area contributed by atoms with Crippen molar-refractivity contribution < 1.29 is 8.78 Å². The van der Waals surface area contributed by atoms with Crippen LogP contribution in [0.15, 0.2) is 0 Å². The molecule has 1 saturated carbocycles. The molecule has 0 aromatic carbocycles. The summed E-state index contributed by atoms with van der Waals surface area (Å²) in [6.45, 7) is 0. The Bertz CT molecular complexity index is 206. The zero-order valence-electron chi connectivity index (χ0n) is 6.28. The maximum absolute atomic E-state index is 13.8. The third kappa shape index (κ3) is 1.46. The molecule has 0 nitrogen and oxygen atoms in total. The van der Waals surface area contributed by atoms with Crippen LogP contribution in [0.1, 0.15) is 0 Å². The summed E-state index contributed by atoms with van der Waals surface area (Å²) in [5.74, 6) is 0. The van der Waals surface area contributed by atoms with Gasteiger partial charge in [0, 0.05) is 0 Å². The quantitative estimate of drug-likeness (QED) is 0.497. The molecule has 0 heterocycles. The van der Waals surface area contributed by atoms with Crippen LogP contribution in [0.5, 0.6) is 0 Å². The van der Waals surface area contributed by atoms with Crippen LogP contribution in [-0.2, 0) is 0 Å². The summed E-state index contributed by atoms with van der Waals surface area (Å²) < 4.78 is 19.3. The van der Waals surface area contributed by atoms with Gasteiger partial charge < -0.3 is 0 Å². The van der Waals surface area contributed by atoms with Gasteiger partial charge in [0.15, 0.2) is 4.33 Å². The fraction of sp³-hybridized carbons (Fsp3) is 1.00. The van der Waals surface area contributed by atoms with E-state index in [0.29, 0.717) is 0 Å². The van der Waals surface area contributed by atoms with Crippen molar-refractivity contribution in [1.82, 2.24) is 0 Å². The van der Waals surface area contributed by atoms with Crippen LogP contribution in [0, 0.1) is 0 Å². The Balaban J connectivity index is 3.55. The predicted octanol–water partition coefficient (Wildman–Crippen LogP) is 5.33. The molecule has 0 radical (unpaired) electrons. The fourth-order valence-corrected chi connectivity index (χ4v) is 3.74. The molecular weight excluding hydrogens is 382 g/mol. The number of halogens is 10. The van der Waals surface area contributed by atoms with Gasteiger partial charge in [-0.2, -0.15) is 0 Å². The van der Waals surface area contributed by atoms with Crippen LogP contribution in [0.4, 0.5) is 8.78 Å². The molecule has 0 aromatic heterocycles. The lowest BCUT2D eigenvalue weighted by atomic mass is 10.3. The molecular formula is C5Cl8F2. The van der Waals surface area contributed by atoms with Gasteiger partial charge in [0.2, 0.25) is 8.67 Å². The van der Waals surface area contributed by atoms with Gasteiger partial charge in [0.05, 0.1) is 0 Å². The van der Waals surface area contributed by atoms with E-state index in [0.717, 1.165) is 0 Å². The minimum atomic E-state index is -3.57. The highest BCUT2D eigenvalue weighted by atomic mass is 35.5. The molecule has 0 spiro atoms. The largest absolute Gasteiger partial charge is 0.270 e. The monoisotopic (exact) mass is 378 g/mol. The predicted molar refractivity (Wildman–Crippen MR) is 62.7 cm³/mol. The molecule has 90 valence electrons. The van der Waals surface area contributed by atoms with E-state index in [1.807, 2.05) is 0 Å². The lowest BCUT2D eigenvalue weighted by Gasteiger charge is -2.31. The Hall–Kier alpha value is 2.18. The average Bonchev–Trinajstić information content (AvgIpc) is 2.04. The average molecular weight is 382 g/mol. The van der Waals surface area contributed by atoms with Crippen LogP contribution >= 0.6 is 92.8 Å². The summed E-state index contributed by atoms with van der Waals surface area (Å²) in [7, 11) is 0. The third-order valence-electron chi connectivity index (χ3n) is 1.97. The van der Waals surface area contributed by atoms with Crippen molar-refractivity contribution in [3.63, 3.8) is 0 Å². The lowest BCUT2D eigenvalue weighted by molar-refractivity contribution is 0.113. The molecule has 0 N–H and O–H groups in total. The second-order valence-corrected chi connectivity index (χ2v) is 7.90. The van der Waals surface area contributed by atoms with Crippen molar-refractivity contribution in [2.45, 2.75) is 23.3 Å². The molecule has 2 unspecified atom stereocenters. The Morgan fingerprint density at radius 3 is 0.733 bits per heavy atom. The molecule has 1 aliphatic rings. The molecule has 15 heavy (non-hydrogen) atoms. The Morgan fingerprint density at radius 2 is 0.667 bits per heavy atom. The van der Waals surface area contributed by atoms with Crippen molar-refractivity contribution >= 4 is 92.8 Å². The molecule has 1 aliphatic carbocycles. The first-order chi connectivity index (χ1) is 6.25. The van der Waals surface area contributed by atoms with E-state index in [4.69, 9.17) is 92.8 Å². The highest BCUT2D eigenvalue weighted by Crippen LogP contribution is 2.76. The minimum absolute atomic E-state index is 2.65. The van der Waals surface area contributed by atoms with Crippen LogP contribution in [0.2, 0.25) is 0 Å². The zero-order valence-corrected chi connectivity index (χ0v) is 12.3. The smallest absolute Gasteiger partial charge is 0.218 e. The van der Waals surface area contributed by atoms with Crippen molar-refractivity contribution in [3.8, 4) is 0 Å². The number of alkyl halides is 10. The molecule has 1 fully saturated rings. The first-order valence-corrected chi connectivity index (χ1v) is 6.16. The first-order valence-electron chi connectivity index (χ1n) is 3.14. The molecule has 0 saturated heterocycles. The van der Waals surface area contributed by atoms with Crippen molar-refractivity contribution in [2.24, 2.45) is 0 Å². The molecule has 0 bridgehead atoms. The second-order valence-electron chi connectivity index (χ2n) is 2.87. The molecule has 0 aromatic rings. The molecule has 1 rings (SSSR count). The van der Waals surface area contributed by atoms with Crippen LogP contribution in [-0.4, -0.2) is 23.3 Å². The van der Waals surface area contributed by atoms with Crippen LogP contribution < -0.4 is 0 Å². The van der Waals surface area contributed by atoms with Gasteiger partial charge in [-0.3, -0.25) is 0 Å². The van der Waals surface area contributed by atoms with Crippen molar-refractivity contribution in [3.05, 3.63) is 0 Å². The maximum Gasteiger partial charge on any atom is 0.270 e. The van der Waals surface area contributed by atoms with E-state index in [9.17, 15) is 8.78 Å². The molecule has 0 aliphatic heterocycles. The van der Waals surface area contributed by atoms with Gasteiger partial charge in [-0.25, -0.2) is 8.78 Å². The summed E-state index contributed by atoms with van der Waals surface area (Å²) in [5, 5.41) is -7.14. The topological polar surface area (TPSA) is 0 Å². The molecule has 0 amide bonds. The lowest BCUT2D eigenvalue weighted by Crippen LogP contribution is -2.47. The van der Waals surface area contributed by atoms with E-state index in [1.165, 1.54) is 0 Å². The zero-order chi connectivity index (χ0) is 12.5. The third-order valence-corrected chi connectivity index (χ3v) is 7.63. The van der Waals surface area contributed by atoms with Gasteiger partial charge in [0.1, 0.15) is 0 Å². The standard InChI is InChI=1S/C5Cl8F2/c6-1(7)2(8,9)4(12,14)5(13,15)3(1,10)11. The van der Waals surface area contributed by atoms with E-state index in [1.54, 1.807) is 0 Å². The highest BCUT2D eigenvalue weighted by Gasteiger charge is 2.90. The Labute approximate surface area is 124 Å². The number of hydrogen-bond donors (Lipinski definition) is 0. The van der Waals surface area contributed by atoms with Crippen LogP contribution in [0.3, 0.4) is 0 Å². The van der Waals surface area contributed by atoms with Gasteiger partial charge in [0.25, 0.3) is 10.3 Å². The van der Waals surface area contributed by atoms with Crippen LogP contribution in [0.25, 0.3) is 0 Å². The van der Waals surface area contributed by atoms with Gasteiger partial charge >= 0.3 is 0 Å². The summed E-state index contributed by atoms with van der Waals surface area (Å²) in [4.78, 5) is 0. The summed E-state index contributed by atoms with van der Waals surface area (Å²) in [6, 6.07) is 0. The van der Waals surface area contributed by atoms with Gasteiger partial charge in [-0.1, -0.05) is 92.8 Å². The SMILES string of the molecule is FC1(Cl)C(F)(Cl)C(Cl)(Cl)C(Cl)(Cl)C1(Cl)Cl. The normalized spacial score (nSPS) is 46.8. The molecule has 10 heteroatoms.